The van der Waals surface area contributed by atoms with Gasteiger partial charge >= 0.3 is 0 Å². The fourth-order valence-electron chi connectivity index (χ4n) is 3.78. The number of amides is 1. The van der Waals surface area contributed by atoms with Crippen molar-refractivity contribution >= 4 is 5.91 Å². The molecule has 1 aromatic heterocycles. The van der Waals surface area contributed by atoms with Gasteiger partial charge in [0, 0.05) is 22.4 Å². The second-order valence-corrected chi connectivity index (χ2v) is 7.06. The van der Waals surface area contributed by atoms with Gasteiger partial charge in [-0.05, 0) is 43.5 Å². The quantitative estimate of drug-likeness (QED) is 0.707. The third-order valence-corrected chi connectivity index (χ3v) is 5.26. The number of rotatable bonds is 5. The van der Waals surface area contributed by atoms with Crippen molar-refractivity contribution in [2.45, 2.75) is 31.8 Å². The van der Waals surface area contributed by atoms with Crippen LogP contribution in [0.2, 0.25) is 0 Å². The van der Waals surface area contributed by atoms with E-state index in [4.69, 9.17) is 4.74 Å². The van der Waals surface area contributed by atoms with E-state index in [9.17, 15) is 13.6 Å². The molecule has 3 aromatic rings. The van der Waals surface area contributed by atoms with Crippen molar-refractivity contribution in [3.63, 3.8) is 0 Å². The zero-order valence-corrected chi connectivity index (χ0v) is 16.0. The summed E-state index contributed by atoms with van der Waals surface area (Å²) in [6.45, 7) is 0.573. The highest BCUT2D eigenvalue weighted by Crippen LogP contribution is 2.31. The molecule has 4 rings (SSSR count). The van der Waals surface area contributed by atoms with E-state index in [1.165, 1.54) is 6.07 Å². The van der Waals surface area contributed by atoms with Gasteiger partial charge in [-0.1, -0.05) is 18.2 Å². The molecule has 0 saturated heterocycles. The highest BCUT2D eigenvalue weighted by Gasteiger charge is 2.26. The Morgan fingerprint density at radius 3 is 2.86 bits per heavy atom. The van der Waals surface area contributed by atoms with Gasteiger partial charge < -0.3 is 10.1 Å². The van der Waals surface area contributed by atoms with Crippen LogP contribution in [0, 0.1) is 11.6 Å². The number of nitrogens with zero attached hydrogens (tertiary/aromatic N) is 2. The molecule has 0 saturated carbocycles. The van der Waals surface area contributed by atoms with Crippen LogP contribution >= 0.6 is 0 Å². The third-order valence-electron chi connectivity index (χ3n) is 5.26. The molecule has 2 aromatic carbocycles. The lowest BCUT2D eigenvalue weighted by atomic mass is 9.92. The lowest BCUT2D eigenvalue weighted by molar-refractivity contribution is 0.0932. The molecule has 1 unspecified atom stereocenters. The Bertz CT molecular complexity index is 1050. The smallest absolute Gasteiger partial charge is 0.251 e. The van der Waals surface area contributed by atoms with Crippen LogP contribution in [-0.2, 0) is 13.0 Å². The van der Waals surface area contributed by atoms with E-state index in [2.05, 4.69) is 10.4 Å². The van der Waals surface area contributed by atoms with Crippen LogP contribution in [0.25, 0.3) is 0 Å². The number of fused-ring (bicyclic) bond motifs is 1. The molecule has 7 heteroatoms. The third kappa shape index (κ3) is 3.85. The van der Waals surface area contributed by atoms with Crippen molar-refractivity contribution < 1.29 is 18.3 Å². The molecular weight excluding hydrogens is 376 g/mol. The summed E-state index contributed by atoms with van der Waals surface area (Å²) >= 11 is 0. The number of carbonyl (C=O) groups is 1. The van der Waals surface area contributed by atoms with E-state index in [1.54, 1.807) is 13.3 Å². The van der Waals surface area contributed by atoms with Gasteiger partial charge in [-0.25, -0.2) is 8.78 Å². The summed E-state index contributed by atoms with van der Waals surface area (Å²) in [5.41, 5.74) is 3.14. The van der Waals surface area contributed by atoms with E-state index in [-0.39, 0.29) is 11.6 Å². The summed E-state index contributed by atoms with van der Waals surface area (Å²) in [6, 6.07) is 10.7. The molecule has 1 heterocycles. The predicted octanol–water partition coefficient (Wildman–Crippen LogP) is 4.03. The van der Waals surface area contributed by atoms with Gasteiger partial charge in [0.25, 0.3) is 5.91 Å². The average Bonchev–Trinajstić information content (AvgIpc) is 3.14. The van der Waals surface area contributed by atoms with Crippen LogP contribution in [0.1, 0.15) is 46.1 Å². The van der Waals surface area contributed by atoms with Crippen LogP contribution < -0.4 is 10.1 Å². The van der Waals surface area contributed by atoms with Gasteiger partial charge in [-0.3, -0.25) is 9.48 Å². The van der Waals surface area contributed by atoms with Crippen LogP contribution in [0.3, 0.4) is 0 Å². The topological polar surface area (TPSA) is 56.1 Å². The van der Waals surface area contributed by atoms with Crippen molar-refractivity contribution in [3.8, 4) is 5.75 Å². The van der Waals surface area contributed by atoms with Crippen molar-refractivity contribution in [2.24, 2.45) is 0 Å². The lowest BCUT2D eigenvalue weighted by Gasteiger charge is -2.24. The Hall–Kier alpha value is -3.22. The molecule has 150 valence electrons. The maximum atomic E-state index is 13.5. The van der Waals surface area contributed by atoms with Crippen molar-refractivity contribution in [1.29, 1.82) is 0 Å². The van der Waals surface area contributed by atoms with Gasteiger partial charge in [-0.2, -0.15) is 5.10 Å². The fourth-order valence-corrected chi connectivity index (χ4v) is 3.78. The van der Waals surface area contributed by atoms with Gasteiger partial charge in [0.15, 0.2) is 11.6 Å². The SMILES string of the molecule is COc1ccccc1Cn1ncc2c1CCCC2NC(=O)c1ccc(F)c(F)c1. The second kappa shape index (κ2) is 8.03. The molecule has 0 fully saturated rings. The molecule has 29 heavy (non-hydrogen) atoms. The number of aromatic nitrogens is 2. The molecule has 1 atom stereocenters. The van der Waals surface area contributed by atoms with E-state index < -0.39 is 17.5 Å². The normalized spacial score (nSPS) is 15.6. The Labute approximate surface area is 167 Å². The van der Waals surface area contributed by atoms with Crippen LogP contribution in [0.15, 0.2) is 48.7 Å². The van der Waals surface area contributed by atoms with Crippen molar-refractivity contribution in [3.05, 3.63) is 82.7 Å². The summed E-state index contributed by atoms with van der Waals surface area (Å²) < 4.78 is 33.9. The van der Waals surface area contributed by atoms with E-state index in [1.807, 2.05) is 28.9 Å². The Morgan fingerprint density at radius 1 is 1.24 bits per heavy atom. The summed E-state index contributed by atoms with van der Waals surface area (Å²) in [6.07, 6.45) is 4.30. The number of ether oxygens (including phenoxy) is 1. The summed E-state index contributed by atoms with van der Waals surface area (Å²) in [5.74, 6) is -1.64. The molecule has 5 nitrogen and oxygen atoms in total. The van der Waals surface area contributed by atoms with Gasteiger partial charge in [0.2, 0.25) is 0 Å². The van der Waals surface area contributed by atoms with Gasteiger partial charge in [0.1, 0.15) is 5.75 Å². The second-order valence-electron chi connectivity index (χ2n) is 7.06. The van der Waals surface area contributed by atoms with Gasteiger partial charge in [-0.15, -0.1) is 0 Å². The van der Waals surface area contributed by atoms with Crippen LogP contribution in [0.5, 0.6) is 5.75 Å². The minimum absolute atomic E-state index is 0.0948. The molecule has 1 N–H and O–H groups in total. The number of benzene rings is 2. The number of halogens is 2. The maximum Gasteiger partial charge on any atom is 0.251 e. The lowest BCUT2D eigenvalue weighted by Crippen LogP contribution is -2.31. The van der Waals surface area contributed by atoms with E-state index in [0.29, 0.717) is 6.54 Å². The number of para-hydroxylation sites is 1. The first-order chi connectivity index (χ1) is 14.1. The van der Waals surface area contributed by atoms with Crippen LogP contribution in [-0.4, -0.2) is 22.8 Å². The minimum atomic E-state index is -1.04. The highest BCUT2D eigenvalue weighted by atomic mass is 19.2. The van der Waals surface area contributed by atoms with Gasteiger partial charge in [0.05, 0.1) is 25.9 Å². The Kier molecular flexibility index (Phi) is 5.29. The minimum Gasteiger partial charge on any atom is -0.496 e. The highest BCUT2D eigenvalue weighted by molar-refractivity contribution is 5.94. The first-order valence-corrected chi connectivity index (χ1v) is 9.49. The van der Waals surface area contributed by atoms with Crippen molar-refractivity contribution in [1.82, 2.24) is 15.1 Å². The monoisotopic (exact) mass is 397 g/mol. The molecule has 0 bridgehead atoms. The number of nitrogens with one attached hydrogen (secondary N) is 1. The maximum absolute atomic E-state index is 13.5. The van der Waals surface area contributed by atoms with Crippen LogP contribution in [0.4, 0.5) is 8.78 Å². The number of carbonyl (C=O) groups excluding carboxylic acids is 1. The molecule has 0 aliphatic heterocycles. The molecule has 0 spiro atoms. The van der Waals surface area contributed by atoms with E-state index >= 15 is 0 Å². The zero-order chi connectivity index (χ0) is 20.4. The predicted molar refractivity (Wildman–Crippen MR) is 104 cm³/mol. The number of hydrogen-bond donors (Lipinski definition) is 1. The van der Waals surface area contributed by atoms with Crippen molar-refractivity contribution in [2.75, 3.05) is 7.11 Å². The molecule has 1 aliphatic rings. The first kappa shape index (κ1) is 19.1. The number of hydrogen-bond acceptors (Lipinski definition) is 3. The Morgan fingerprint density at radius 2 is 2.07 bits per heavy atom. The first-order valence-electron chi connectivity index (χ1n) is 9.49. The molecule has 0 radical (unpaired) electrons. The summed E-state index contributed by atoms with van der Waals surface area (Å²) in [4.78, 5) is 12.5. The standard InChI is InChI=1S/C22H21F2N3O2/c1-29-21-8-3-2-5-15(21)13-27-20-7-4-6-19(16(20)12-25-27)26-22(28)14-9-10-17(23)18(24)11-14/h2-3,5,8-12,19H,4,6-7,13H2,1H3,(H,26,28). The Balaban J connectivity index is 1.55. The summed E-state index contributed by atoms with van der Waals surface area (Å²) in [5, 5.41) is 7.46. The molecule has 1 amide bonds. The zero-order valence-electron chi connectivity index (χ0n) is 16.0. The largest absolute Gasteiger partial charge is 0.496 e. The average molecular weight is 397 g/mol. The number of methoxy groups -OCH3 is 1. The fraction of sp³-hybridized carbons (Fsp3) is 0.273. The molecule has 1 aliphatic carbocycles. The van der Waals surface area contributed by atoms with E-state index in [0.717, 1.165) is 54.0 Å². The summed E-state index contributed by atoms with van der Waals surface area (Å²) in [7, 11) is 1.64. The molecular formula is C22H21F2N3O2.